The molecular weight excluding hydrogens is 216 g/mol. The molecule has 0 atom stereocenters. The summed E-state index contributed by atoms with van der Waals surface area (Å²) in [5.74, 6) is 0. The maximum absolute atomic E-state index is 4.83. The van der Waals surface area contributed by atoms with E-state index in [4.69, 9.17) is 4.74 Å². The van der Waals surface area contributed by atoms with Crippen LogP contribution in [-0.2, 0) is 4.74 Å². The van der Waals surface area contributed by atoms with Crippen LogP contribution >= 0.6 is 15.9 Å². The fourth-order valence-corrected chi connectivity index (χ4v) is 1.53. The van der Waals surface area contributed by atoms with Gasteiger partial charge in [-0.15, -0.1) is 0 Å². The molecule has 0 unspecified atom stereocenters. The predicted molar refractivity (Wildman–Crippen MR) is 54.9 cm³/mol. The van der Waals surface area contributed by atoms with Crippen molar-refractivity contribution in [1.82, 2.24) is 0 Å². The van der Waals surface area contributed by atoms with Gasteiger partial charge in [0.25, 0.3) is 0 Å². The first-order chi connectivity index (χ1) is 5.74. The van der Waals surface area contributed by atoms with Crippen molar-refractivity contribution < 1.29 is 4.74 Å². The second kappa shape index (κ2) is 4.31. The molecular formula is C10H11BrO. The highest BCUT2D eigenvalue weighted by atomic mass is 79.9. The summed E-state index contributed by atoms with van der Waals surface area (Å²) in [6.45, 7) is 2.06. The molecule has 0 heterocycles. The monoisotopic (exact) mass is 226 g/mol. The molecule has 1 aromatic carbocycles. The van der Waals surface area contributed by atoms with Gasteiger partial charge in [0.15, 0.2) is 0 Å². The van der Waals surface area contributed by atoms with E-state index in [-0.39, 0.29) is 0 Å². The third-order valence-corrected chi connectivity index (χ3v) is 2.23. The van der Waals surface area contributed by atoms with Crippen LogP contribution in [0.5, 0.6) is 0 Å². The normalized spacial score (nSPS) is 10.6. The van der Waals surface area contributed by atoms with E-state index in [9.17, 15) is 0 Å². The van der Waals surface area contributed by atoms with Crippen LogP contribution in [0.2, 0.25) is 0 Å². The number of hydrogen-bond acceptors (Lipinski definition) is 1. The van der Waals surface area contributed by atoms with Crippen LogP contribution in [0.25, 0.3) is 6.08 Å². The molecule has 0 spiro atoms. The molecule has 2 heteroatoms. The van der Waals surface area contributed by atoms with Gasteiger partial charge in [-0.05, 0) is 30.2 Å². The molecule has 0 amide bonds. The van der Waals surface area contributed by atoms with Gasteiger partial charge in [-0.2, -0.15) is 0 Å². The van der Waals surface area contributed by atoms with Crippen molar-refractivity contribution in [3.05, 3.63) is 40.1 Å². The van der Waals surface area contributed by atoms with Gasteiger partial charge in [0.2, 0.25) is 0 Å². The zero-order valence-corrected chi connectivity index (χ0v) is 8.76. The Hall–Kier alpha value is -0.760. The lowest BCUT2D eigenvalue weighted by molar-refractivity contribution is 0.341. The van der Waals surface area contributed by atoms with E-state index < -0.39 is 0 Å². The maximum atomic E-state index is 4.83. The van der Waals surface area contributed by atoms with Crippen molar-refractivity contribution in [2.24, 2.45) is 0 Å². The van der Waals surface area contributed by atoms with E-state index >= 15 is 0 Å². The van der Waals surface area contributed by atoms with E-state index in [0.717, 1.165) is 10.0 Å². The molecule has 0 fully saturated rings. The number of hydrogen-bond donors (Lipinski definition) is 0. The number of ether oxygens (including phenoxy) is 1. The second-order valence-electron chi connectivity index (χ2n) is 2.56. The van der Waals surface area contributed by atoms with Gasteiger partial charge in [0, 0.05) is 4.47 Å². The van der Waals surface area contributed by atoms with Crippen molar-refractivity contribution in [2.45, 2.75) is 6.92 Å². The van der Waals surface area contributed by atoms with Gasteiger partial charge < -0.3 is 4.74 Å². The third-order valence-electron chi connectivity index (χ3n) is 1.54. The highest BCUT2D eigenvalue weighted by Crippen LogP contribution is 2.19. The van der Waals surface area contributed by atoms with Crippen molar-refractivity contribution in [1.29, 1.82) is 0 Å². The highest BCUT2D eigenvalue weighted by Gasteiger charge is 1.94. The number of aryl methyl sites for hydroxylation is 1. The van der Waals surface area contributed by atoms with E-state index in [0.29, 0.717) is 0 Å². The smallest absolute Gasteiger partial charge is 0.0830 e. The Bertz CT molecular complexity index is 292. The summed E-state index contributed by atoms with van der Waals surface area (Å²) >= 11 is 3.47. The van der Waals surface area contributed by atoms with E-state index in [1.165, 1.54) is 5.56 Å². The van der Waals surface area contributed by atoms with E-state index in [1.807, 2.05) is 6.08 Å². The predicted octanol–water partition coefficient (Wildman–Crippen LogP) is 3.37. The minimum Gasteiger partial charge on any atom is -0.504 e. The molecule has 0 bridgehead atoms. The molecule has 1 aromatic rings. The van der Waals surface area contributed by atoms with Crippen LogP contribution in [0.15, 0.2) is 28.9 Å². The van der Waals surface area contributed by atoms with E-state index in [1.54, 1.807) is 13.4 Å². The summed E-state index contributed by atoms with van der Waals surface area (Å²) in [5, 5.41) is 0. The van der Waals surface area contributed by atoms with Crippen LogP contribution < -0.4 is 0 Å². The summed E-state index contributed by atoms with van der Waals surface area (Å²) in [6.07, 6.45) is 3.58. The molecule has 0 aliphatic rings. The molecule has 12 heavy (non-hydrogen) atoms. The van der Waals surface area contributed by atoms with Crippen molar-refractivity contribution in [2.75, 3.05) is 7.11 Å². The molecule has 0 aliphatic carbocycles. The maximum Gasteiger partial charge on any atom is 0.0830 e. The Morgan fingerprint density at radius 3 is 2.75 bits per heavy atom. The first-order valence-electron chi connectivity index (χ1n) is 3.69. The molecule has 0 N–H and O–H groups in total. The Labute approximate surface area is 81.2 Å². The zero-order chi connectivity index (χ0) is 8.97. The van der Waals surface area contributed by atoms with Gasteiger partial charge in [-0.3, -0.25) is 0 Å². The fourth-order valence-electron chi connectivity index (χ4n) is 0.909. The van der Waals surface area contributed by atoms with Crippen LogP contribution in [0.4, 0.5) is 0 Å². The van der Waals surface area contributed by atoms with Crippen LogP contribution in [0.1, 0.15) is 11.1 Å². The molecule has 1 rings (SSSR count). The summed E-state index contributed by atoms with van der Waals surface area (Å²) in [4.78, 5) is 0. The van der Waals surface area contributed by atoms with Gasteiger partial charge in [0.1, 0.15) is 0 Å². The van der Waals surface area contributed by atoms with Gasteiger partial charge in [-0.25, -0.2) is 0 Å². The zero-order valence-electron chi connectivity index (χ0n) is 7.17. The number of methoxy groups -OCH3 is 1. The molecule has 0 aliphatic heterocycles. The standard InChI is InChI=1S/C10H11BrO/c1-8-3-4-9(5-6-12-2)10(11)7-8/h3-7H,1-2H3. The van der Waals surface area contributed by atoms with Gasteiger partial charge >= 0.3 is 0 Å². The minimum absolute atomic E-state index is 1.09. The molecule has 1 nitrogen and oxygen atoms in total. The Morgan fingerprint density at radius 1 is 1.42 bits per heavy atom. The Morgan fingerprint density at radius 2 is 2.17 bits per heavy atom. The minimum atomic E-state index is 1.09. The molecule has 0 radical (unpaired) electrons. The van der Waals surface area contributed by atoms with Crippen molar-refractivity contribution in [3.8, 4) is 0 Å². The summed E-state index contributed by atoms with van der Waals surface area (Å²) in [5.41, 5.74) is 2.37. The topological polar surface area (TPSA) is 9.23 Å². The molecule has 0 aromatic heterocycles. The summed E-state index contributed by atoms with van der Waals surface area (Å²) in [6, 6.07) is 6.20. The quantitative estimate of drug-likeness (QED) is 0.703. The van der Waals surface area contributed by atoms with Gasteiger partial charge in [0.05, 0.1) is 13.4 Å². The van der Waals surface area contributed by atoms with Gasteiger partial charge in [-0.1, -0.05) is 28.1 Å². The van der Waals surface area contributed by atoms with Crippen LogP contribution in [-0.4, -0.2) is 7.11 Å². The largest absolute Gasteiger partial charge is 0.504 e. The first-order valence-corrected chi connectivity index (χ1v) is 4.49. The Kier molecular flexibility index (Phi) is 3.35. The third kappa shape index (κ3) is 2.38. The van der Waals surface area contributed by atoms with Crippen LogP contribution in [0, 0.1) is 6.92 Å². The number of benzene rings is 1. The molecule has 64 valence electrons. The fraction of sp³-hybridized carbons (Fsp3) is 0.200. The SMILES string of the molecule is COC=Cc1ccc(C)cc1Br. The lowest BCUT2D eigenvalue weighted by atomic mass is 10.1. The highest BCUT2D eigenvalue weighted by molar-refractivity contribution is 9.10. The lowest BCUT2D eigenvalue weighted by Crippen LogP contribution is -1.78. The Balaban J connectivity index is 2.94. The average molecular weight is 227 g/mol. The lowest BCUT2D eigenvalue weighted by Gasteiger charge is -1.99. The summed E-state index contributed by atoms with van der Waals surface area (Å²) < 4.78 is 5.92. The molecule has 0 saturated carbocycles. The average Bonchev–Trinajstić information content (AvgIpc) is 2.03. The second-order valence-corrected chi connectivity index (χ2v) is 3.42. The first kappa shape index (κ1) is 9.33. The number of halogens is 1. The molecule has 0 saturated heterocycles. The number of rotatable bonds is 2. The van der Waals surface area contributed by atoms with Crippen molar-refractivity contribution >= 4 is 22.0 Å². The van der Waals surface area contributed by atoms with E-state index in [2.05, 4.69) is 41.1 Å². The summed E-state index contributed by atoms with van der Waals surface area (Å²) in [7, 11) is 1.64. The van der Waals surface area contributed by atoms with Crippen LogP contribution in [0.3, 0.4) is 0 Å². The van der Waals surface area contributed by atoms with Crippen molar-refractivity contribution in [3.63, 3.8) is 0 Å².